The molecule has 0 aliphatic carbocycles. The van der Waals surface area contributed by atoms with Gasteiger partial charge in [-0.2, -0.15) is 18.3 Å². The number of fused-ring (bicyclic) bond motifs is 1. The summed E-state index contributed by atoms with van der Waals surface area (Å²) in [5.74, 6) is 0.0331. The van der Waals surface area contributed by atoms with Gasteiger partial charge in [0.2, 0.25) is 0 Å². The van der Waals surface area contributed by atoms with Crippen LogP contribution in [-0.2, 0) is 6.54 Å². The van der Waals surface area contributed by atoms with E-state index in [1.54, 1.807) is 23.7 Å². The molecule has 25 heavy (non-hydrogen) atoms. The Balaban J connectivity index is 0.00000109. The Morgan fingerprint density at radius 3 is 2.68 bits per heavy atom. The lowest BCUT2D eigenvalue weighted by atomic mass is 10.1. The summed E-state index contributed by atoms with van der Waals surface area (Å²) in [6.07, 6.45) is -3.93. The Kier molecular flexibility index (Phi) is 5.75. The van der Waals surface area contributed by atoms with Crippen molar-refractivity contribution in [3.05, 3.63) is 29.3 Å². The number of alkyl halides is 3. The summed E-state index contributed by atoms with van der Waals surface area (Å²) in [4.78, 5) is 15.6. The van der Waals surface area contributed by atoms with Gasteiger partial charge in [0, 0.05) is 12.6 Å². The second kappa shape index (κ2) is 7.62. The number of nitrogens with one attached hydrogen (secondary N) is 1. The van der Waals surface area contributed by atoms with Gasteiger partial charge in [-0.25, -0.2) is 9.67 Å². The number of hydrogen-bond acceptors (Lipinski definition) is 6. The van der Waals surface area contributed by atoms with Crippen LogP contribution in [0.3, 0.4) is 0 Å². The summed E-state index contributed by atoms with van der Waals surface area (Å²) < 4.78 is 39.8. The number of hydrogen-bond donors (Lipinski definition) is 2. The van der Waals surface area contributed by atoms with E-state index in [4.69, 9.17) is 0 Å². The molecule has 0 unspecified atom stereocenters. The van der Waals surface area contributed by atoms with Gasteiger partial charge in [-0.05, 0) is 19.2 Å². The molecule has 0 radical (unpaired) electrons. The lowest BCUT2D eigenvalue weighted by Crippen LogP contribution is -2.20. The van der Waals surface area contributed by atoms with Crippen molar-refractivity contribution >= 4 is 33.7 Å². The summed E-state index contributed by atoms with van der Waals surface area (Å²) in [5.41, 5.74) is 7.72. The number of thiazole rings is 1. The predicted octanol–water partition coefficient (Wildman–Crippen LogP) is 3.15. The van der Waals surface area contributed by atoms with Crippen LogP contribution in [0.5, 0.6) is 0 Å². The second-order valence-electron chi connectivity index (χ2n) is 4.79. The molecule has 0 atom stereocenters. The molecule has 3 rings (SSSR count). The van der Waals surface area contributed by atoms with Crippen LogP contribution >= 0.6 is 11.3 Å². The fourth-order valence-corrected chi connectivity index (χ4v) is 3.01. The molecule has 3 N–H and O–H groups in total. The quantitative estimate of drug-likeness (QED) is 0.688. The molecule has 2 aromatic heterocycles. The van der Waals surface area contributed by atoms with Crippen molar-refractivity contribution in [2.24, 2.45) is 5.73 Å². The molecule has 0 aliphatic rings. The molecule has 1 aromatic carbocycles. The monoisotopic (exact) mass is 371 g/mol. The standard InChI is InChI=1S/C14H11F3N4OS.CH5N/c1-18-13-9(5-22)12(20-21(13)6-14(15,16)17)8-2-3-11-10(4-8)19-7-23-11;1-2/h2-5,7,18H,6H2,1H3;2H2,1H3. The highest BCUT2D eigenvalue weighted by molar-refractivity contribution is 7.16. The lowest BCUT2D eigenvalue weighted by molar-refractivity contribution is -0.142. The van der Waals surface area contributed by atoms with Gasteiger partial charge in [0.15, 0.2) is 6.29 Å². The lowest BCUT2D eigenvalue weighted by Gasteiger charge is -2.09. The van der Waals surface area contributed by atoms with E-state index in [-0.39, 0.29) is 17.1 Å². The minimum atomic E-state index is -4.44. The molecule has 0 saturated carbocycles. The average Bonchev–Trinajstić information content (AvgIpc) is 3.18. The minimum Gasteiger partial charge on any atom is -0.373 e. The van der Waals surface area contributed by atoms with Crippen molar-refractivity contribution in [2.75, 3.05) is 19.4 Å². The number of carbonyl (C=O) groups is 1. The zero-order valence-corrected chi connectivity index (χ0v) is 14.3. The highest BCUT2D eigenvalue weighted by Gasteiger charge is 2.31. The Labute approximate surface area is 145 Å². The van der Waals surface area contributed by atoms with Crippen molar-refractivity contribution < 1.29 is 18.0 Å². The molecule has 0 spiro atoms. The number of nitrogens with two attached hydrogens (primary N) is 1. The fraction of sp³-hybridized carbons (Fsp3) is 0.267. The normalized spacial score (nSPS) is 11.1. The Morgan fingerprint density at radius 2 is 2.08 bits per heavy atom. The summed E-state index contributed by atoms with van der Waals surface area (Å²) >= 11 is 1.45. The second-order valence-corrected chi connectivity index (χ2v) is 5.67. The molecule has 2 heterocycles. The molecule has 0 fully saturated rings. The molecule has 3 aromatic rings. The number of anilines is 1. The smallest absolute Gasteiger partial charge is 0.373 e. The van der Waals surface area contributed by atoms with E-state index in [1.165, 1.54) is 25.4 Å². The van der Waals surface area contributed by atoms with Crippen LogP contribution in [0.4, 0.5) is 19.0 Å². The van der Waals surface area contributed by atoms with Crippen molar-refractivity contribution in [3.63, 3.8) is 0 Å². The third-order valence-electron chi connectivity index (χ3n) is 3.28. The van der Waals surface area contributed by atoms with Gasteiger partial charge in [-0.3, -0.25) is 4.79 Å². The van der Waals surface area contributed by atoms with Crippen molar-refractivity contribution in [3.8, 4) is 11.3 Å². The molecular weight excluding hydrogens is 355 g/mol. The van der Waals surface area contributed by atoms with E-state index in [0.717, 1.165) is 9.38 Å². The minimum absolute atomic E-state index is 0.0331. The summed E-state index contributed by atoms with van der Waals surface area (Å²) in [6, 6.07) is 5.23. The number of halogens is 3. The third kappa shape index (κ3) is 3.97. The molecule has 10 heteroatoms. The number of rotatable bonds is 4. The summed E-state index contributed by atoms with van der Waals surface area (Å²) in [6.45, 7) is -1.27. The zero-order chi connectivity index (χ0) is 18.6. The Morgan fingerprint density at radius 1 is 1.36 bits per heavy atom. The van der Waals surface area contributed by atoms with Crippen LogP contribution < -0.4 is 11.1 Å². The van der Waals surface area contributed by atoms with Crippen molar-refractivity contribution in [1.82, 2.24) is 14.8 Å². The highest BCUT2D eigenvalue weighted by atomic mass is 32.1. The van der Waals surface area contributed by atoms with Gasteiger partial charge in [-0.15, -0.1) is 11.3 Å². The molecule has 0 bridgehead atoms. The Hall–Kier alpha value is -2.46. The largest absolute Gasteiger partial charge is 0.408 e. The van der Waals surface area contributed by atoms with E-state index in [9.17, 15) is 18.0 Å². The first-order chi connectivity index (χ1) is 11.9. The van der Waals surface area contributed by atoms with Crippen LogP contribution in [0, 0.1) is 0 Å². The maximum absolute atomic E-state index is 12.7. The number of nitrogens with zero attached hydrogens (tertiary/aromatic N) is 3. The van der Waals surface area contributed by atoms with Crippen molar-refractivity contribution in [2.45, 2.75) is 12.7 Å². The molecule has 0 saturated heterocycles. The van der Waals surface area contributed by atoms with E-state index in [2.05, 4.69) is 21.1 Å². The van der Waals surface area contributed by atoms with E-state index < -0.39 is 12.7 Å². The Bertz CT molecular complexity index is 872. The maximum atomic E-state index is 12.7. The number of aromatic nitrogens is 3. The third-order valence-corrected chi connectivity index (χ3v) is 4.09. The first-order valence-electron chi connectivity index (χ1n) is 7.15. The van der Waals surface area contributed by atoms with Gasteiger partial charge in [0.25, 0.3) is 0 Å². The van der Waals surface area contributed by atoms with E-state index in [1.807, 2.05) is 0 Å². The maximum Gasteiger partial charge on any atom is 0.408 e. The summed E-state index contributed by atoms with van der Waals surface area (Å²) in [7, 11) is 2.95. The van der Waals surface area contributed by atoms with E-state index >= 15 is 0 Å². The van der Waals surface area contributed by atoms with Gasteiger partial charge in [-0.1, -0.05) is 6.07 Å². The molecule has 0 aliphatic heterocycles. The number of carbonyl (C=O) groups excluding carboxylic acids is 1. The van der Waals surface area contributed by atoms with Crippen LogP contribution in [0.15, 0.2) is 23.7 Å². The zero-order valence-electron chi connectivity index (χ0n) is 13.5. The number of aldehydes is 1. The van der Waals surface area contributed by atoms with Crippen LogP contribution in [0.25, 0.3) is 21.5 Å². The first-order valence-corrected chi connectivity index (χ1v) is 8.02. The van der Waals surface area contributed by atoms with Gasteiger partial charge < -0.3 is 11.1 Å². The fourth-order valence-electron chi connectivity index (χ4n) is 2.35. The van der Waals surface area contributed by atoms with Gasteiger partial charge >= 0.3 is 6.18 Å². The van der Waals surface area contributed by atoms with Crippen LogP contribution in [-0.4, -0.2) is 41.3 Å². The molecule has 134 valence electrons. The van der Waals surface area contributed by atoms with Gasteiger partial charge in [0.1, 0.15) is 18.1 Å². The molecule has 6 nitrogen and oxygen atoms in total. The van der Waals surface area contributed by atoms with Gasteiger partial charge in [0.05, 0.1) is 21.3 Å². The number of benzene rings is 1. The van der Waals surface area contributed by atoms with Crippen LogP contribution in [0.2, 0.25) is 0 Å². The summed E-state index contributed by atoms with van der Waals surface area (Å²) in [5, 5.41) is 6.59. The molecule has 0 amide bonds. The van der Waals surface area contributed by atoms with Crippen LogP contribution in [0.1, 0.15) is 10.4 Å². The van der Waals surface area contributed by atoms with Crippen molar-refractivity contribution in [1.29, 1.82) is 0 Å². The SMILES string of the molecule is CN.CNc1c(C=O)c(-c2ccc3scnc3c2)nn1CC(F)(F)F. The molecular formula is C15H16F3N5OS. The van der Waals surface area contributed by atoms with E-state index in [0.29, 0.717) is 17.4 Å². The first kappa shape index (κ1) is 18.9. The highest BCUT2D eigenvalue weighted by Crippen LogP contribution is 2.32. The topological polar surface area (TPSA) is 85.8 Å². The average molecular weight is 371 g/mol. The predicted molar refractivity (Wildman–Crippen MR) is 91.9 cm³/mol.